The van der Waals surface area contributed by atoms with E-state index in [0.29, 0.717) is 16.1 Å². The first-order valence-corrected chi connectivity index (χ1v) is 8.95. The molecule has 0 aliphatic carbocycles. The molecule has 0 aliphatic heterocycles. The van der Waals surface area contributed by atoms with E-state index in [9.17, 15) is 9.59 Å². The molecule has 0 radical (unpaired) electrons. The fourth-order valence-electron chi connectivity index (χ4n) is 2.24. The molecule has 7 heteroatoms. The first-order chi connectivity index (χ1) is 12.3. The SMILES string of the molecule is CC(N)=C(NC(=O)O[C@H](C)c1ccccc1Cl)C(=O)c1ccc(Br)cc1. The number of nitrogens with one attached hydrogen (secondary N) is 1. The van der Waals surface area contributed by atoms with Gasteiger partial charge in [-0.15, -0.1) is 0 Å². The Bertz CT molecular complexity index is 846. The van der Waals surface area contributed by atoms with E-state index in [2.05, 4.69) is 21.2 Å². The highest BCUT2D eigenvalue weighted by Gasteiger charge is 2.20. The average molecular weight is 438 g/mol. The van der Waals surface area contributed by atoms with Crippen LogP contribution in [0, 0.1) is 0 Å². The zero-order valence-corrected chi connectivity index (χ0v) is 16.6. The number of Topliss-reactive ketones (excluding diaryl/α,β-unsaturated/α-hetero) is 1. The van der Waals surface area contributed by atoms with Crippen LogP contribution in [0.25, 0.3) is 0 Å². The van der Waals surface area contributed by atoms with Crippen molar-refractivity contribution < 1.29 is 14.3 Å². The molecule has 0 aromatic heterocycles. The van der Waals surface area contributed by atoms with Gasteiger partial charge in [-0.2, -0.15) is 0 Å². The number of benzene rings is 2. The first-order valence-electron chi connectivity index (χ1n) is 7.78. The minimum absolute atomic E-state index is 0.0244. The topological polar surface area (TPSA) is 81.4 Å². The Morgan fingerprint density at radius 1 is 1.15 bits per heavy atom. The molecule has 2 rings (SSSR count). The number of carbonyl (C=O) groups is 2. The highest BCUT2D eigenvalue weighted by Crippen LogP contribution is 2.25. The van der Waals surface area contributed by atoms with E-state index in [1.807, 2.05) is 0 Å². The Kier molecular flexibility index (Phi) is 6.83. The number of halogens is 2. The quantitative estimate of drug-likeness (QED) is 0.511. The number of alkyl carbamates (subject to hydrolysis) is 1. The third-order valence-electron chi connectivity index (χ3n) is 3.58. The fourth-order valence-corrected chi connectivity index (χ4v) is 2.79. The number of allylic oxidation sites excluding steroid dienone is 2. The number of ether oxygens (including phenoxy) is 1. The summed E-state index contributed by atoms with van der Waals surface area (Å²) in [6.45, 7) is 3.22. The summed E-state index contributed by atoms with van der Waals surface area (Å²) in [5.74, 6) is -0.403. The molecular formula is C19H18BrClN2O3. The lowest BCUT2D eigenvalue weighted by molar-refractivity contribution is 0.0975. The molecule has 136 valence electrons. The summed E-state index contributed by atoms with van der Waals surface area (Å²) in [5, 5.41) is 2.93. The molecular weight excluding hydrogens is 420 g/mol. The van der Waals surface area contributed by atoms with Crippen LogP contribution in [0.3, 0.4) is 0 Å². The zero-order chi connectivity index (χ0) is 19.3. The van der Waals surface area contributed by atoms with E-state index in [1.165, 1.54) is 6.92 Å². The van der Waals surface area contributed by atoms with Gasteiger partial charge < -0.3 is 10.5 Å². The number of carbonyl (C=O) groups excluding carboxylic acids is 2. The van der Waals surface area contributed by atoms with Gasteiger partial charge in [0.1, 0.15) is 11.8 Å². The molecule has 1 amide bonds. The fraction of sp³-hybridized carbons (Fsp3) is 0.158. The molecule has 0 aliphatic rings. The number of hydrogen-bond donors (Lipinski definition) is 2. The average Bonchev–Trinajstić information content (AvgIpc) is 2.59. The van der Waals surface area contributed by atoms with Gasteiger partial charge in [0.15, 0.2) is 0 Å². The van der Waals surface area contributed by atoms with Crippen molar-refractivity contribution in [3.8, 4) is 0 Å². The molecule has 0 fully saturated rings. The van der Waals surface area contributed by atoms with Crippen LogP contribution in [0.2, 0.25) is 5.02 Å². The Morgan fingerprint density at radius 2 is 1.77 bits per heavy atom. The van der Waals surface area contributed by atoms with Crippen LogP contribution in [0.4, 0.5) is 4.79 Å². The molecule has 0 bridgehead atoms. The molecule has 3 N–H and O–H groups in total. The Balaban J connectivity index is 2.11. The highest BCUT2D eigenvalue weighted by atomic mass is 79.9. The molecule has 0 unspecified atom stereocenters. The third kappa shape index (κ3) is 5.09. The third-order valence-corrected chi connectivity index (χ3v) is 4.45. The maximum Gasteiger partial charge on any atom is 0.412 e. The van der Waals surface area contributed by atoms with E-state index in [-0.39, 0.29) is 11.4 Å². The van der Waals surface area contributed by atoms with E-state index < -0.39 is 18.0 Å². The zero-order valence-electron chi connectivity index (χ0n) is 14.3. The second-order valence-corrected chi connectivity index (χ2v) is 6.91. The van der Waals surface area contributed by atoms with E-state index >= 15 is 0 Å². The van der Waals surface area contributed by atoms with Crippen molar-refractivity contribution in [2.24, 2.45) is 5.73 Å². The van der Waals surface area contributed by atoms with Crippen molar-refractivity contribution in [1.29, 1.82) is 0 Å². The number of amides is 1. The van der Waals surface area contributed by atoms with Crippen molar-refractivity contribution in [2.75, 3.05) is 0 Å². The monoisotopic (exact) mass is 436 g/mol. The molecule has 2 aromatic rings. The lowest BCUT2D eigenvalue weighted by Gasteiger charge is -2.17. The van der Waals surface area contributed by atoms with E-state index in [0.717, 1.165) is 4.47 Å². The molecule has 26 heavy (non-hydrogen) atoms. The van der Waals surface area contributed by atoms with Gasteiger partial charge in [-0.25, -0.2) is 4.79 Å². The standard InChI is InChI=1S/C19H18BrClN2O3/c1-11(22)17(18(24)13-7-9-14(20)10-8-13)23-19(25)26-12(2)15-5-3-4-6-16(15)21/h3-10,12H,22H2,1-2H3,(H,23,25)/t12-/m1/s1. The van der Waals surface area contributed by atoms with Crippen LogP contribution in [-0.2, 0) is 4.74 Å². The van der Waals surface area contributed by atoms with Crippen LogP contribution in [0.5, 0.6) is 0 Å². The lowest BCUT2D eigenvalue weighted by Crippen LogP contribution is -2.31. The highest BCUT2D eigenvalue weighted by molar-refractivity contribution is 9.10. The van der Waals surface area contributed by atoms with E-state index in [4.69, 9.17) is 22.1 Å². The molecule has 0 spiro atoms. The van der Waals surface area contributed by atoms with Gasteiger partial charge in [-0.05, 0) is 44.2 Å². The molecule has 1 atom stereocenters. The van der Waals surface area contributed by atoms with Gasteiger partial charge in [0.2, 0.25) is 5.78 Å². The smallest absolute Gasteiger partial charge is 0.412 e. The summed E-state index contributed by atoms with van der Waals surface area (Å²) in [6, 6.07) is 13.8. The Hall–Kier alpha value is -2.31. The largest absolute Gasteiger partial charge is 0.441 e. The minimum atomic E-state index is -0.789. The van der Waals surface area contributed by atoms with Gasteiger partial charge in [0.05, 0.1) is 0 Å². The second kappa shape index (κ2) is 8.87. The summed E-state index contributed by atoms with van der Waals surface area (Å²) >= 11 is 9.41. The second-order valence-electron chi connectivity index (χ2n) is 5.59. The van der Waals surface area contributed by atoms with Gasteiger partial charge in [0, 0.05) is 26.3 Å². The van der Waals surface area contributed by atoms with Crippen LogP contribution in [0.1, 0.15) is 35.9 Å². The number of nitrogens with two attached hydrogens (primary N) is 1. The van der Waals surface area contributed by atoms with Crippen molar-refractivity contribution in [3.63, 3.8) is 0 Å². The summed E-state index contributed by atoms with van der Waals surface area (Å²) in [6.07, 6.45) is -1.38. The maximum absolute atomic E-state index is 12.6. The van der Waals surface area contributed by atoms with Gasteiger partial charge in [-0.3, -0.25) is 10.1 Å². The van der Waals surface area contributed by atoms with Crippen molar-refractivity contribution >= 4 is 39.4 Å². The molecule has 5 nitrogen and oxygen atoms in total. The Labute approximate surface area is 165 Å². The maximum atomic E-state index is 12.6. The van der Waals surface area contributed by atoms with E-state index in [1.54, 1.807) is 55.5 Å². The number of ketones is 1. The minimum Gasteiger partial charge on any atom is -0.441 e. The summed E-state index contributed by atoms with van der Waals surface area (Å²) in [4.78, 5) is 24.8. The predicted octanol–water partition coefficient (Wildman–Crippen LogP) is 4.96. The van der Waals surface area contributed by atoms with Crippen molar-refractivity contribution in [1.82, 2.24) is 5.32 Å². The molecule has 0 heterocycles. The number of hydrogen-bond acceptors (Lipinski definition) is 4. The van der Waals surface area contributed by atoms with Crippen LogP contribution >= 0.6 is 27.5 Å². The predicted molar refractivity (Wildman–Crippen MR) is 105 cm³/mol. The van der Waals surface area contributed by atoms with Gasteiger partial charge in [-0.1, -0.05) is 45.7 Å². The number of rotatable bonds is 5. The first kappa shape index (κ1) is 20.0. The van der Waals surface area contributed by atoms with Crippen molar-refractivity contribution in [3.05, 3.63) is 80.5 Å². The normalized spacial score (nSPS) is 12.8. The van der Waals surface area contributed by atoms with Crippen molar-refractivity contribution in [2.45, 2.75) is 20.0 Å². The van der Waals surface area contributed by atoms with Crippen LogP contribution < -0.4 is 11.1 Å². The lowest BCUT2D eigenvalue weighted by atomic mass is 10.1. The molecule has 0 saturated carbocycles. The van der Waals surface area contributed by atoms with Gasteiger partial charge in [0.25, 0.3) is 0 Å². The molecule has 2 aromatic carbocycles. The van der Waals surface area contributed by atoms with Gasteiger partial charge >= 0.3 is 6.09 Å². The summed E-state index contributed by atoms with van der Waals surface area (Å²) in [5.41, 5.74) is 6.99. The molecule has 0 saturated heterocycles. The summed E-state index contributed by atoms with van der Waals surface area (Å²) in [7, 11) is 0. The summed E-state index contributed by atoms with van der Waals surface area (Å²) < 4.78 is 6.16. The van der Waals surface area contributed by atoms with Crippen LogP contribution in [0.15, 0.2) is 64.4 Å². The Morgan fingerprint density at radius 3 is 2.35 bits per heavy atom. The van der Waals surface area contributed by atoms with Crippen LogP contribution in [-0.4, -0.2) is 11.9 Å².